The number of ether oxygens (including phenoxy) is 1. The summed E-state index contributed by atoms with van der Waals surface area (Å²) >= 11 is 0. The Kier molecular flexibility index (Phi) is 9.73. The molecule has 1 amide bonds. The van der Waals surface area contributed by atoms with Crippen LogP contribution < -0.4 is 20.9 Å². The minimum atomic E-state index is -0.236. The summed E-state index contributed by atoms with van der Waals surface area (Å²) in [5.74, 6) is 0.852. The number of aryl methyl sites for hydroxylation is 1. The van der Waals surface area contributed by atoms with Crippen LogP contribution in [0.5, 0.6) is 5.75 Å². The number of hydrogen-bond donors (Lipinski definition) is 2. The first-order valence-corrected chi connectivity index (χ1v) is 15.9. The molecule has 5 rings (SSSR count). The van der Waals surface area contributed by atoms with Gasteiger partial charge in [0, 0.05) is 41.8 Å². The number of hydrogen-bond acceptors (Lipinski definition) is 6. The van der Waals surface area contributed by atoms with Crippen molar-refractivity contribution in [2.75, 3.05) is 30.8 Å². The Morgan fingerprint density at radius 1 is 1.00 bits per heavy atom. The van der Waals surface area contributed by atoms with Gasteiger partial charge in [-0.15, -0.1) is 0 Å². The first-order chi connectivity index (χ1) is 21.5. The molecule has 2 N–H and O–H groups in total. The first-order valence-electron chi connectivity index (χ1n) is 15.9. The third kappa shape index (κ3) is 7.63. The largest absolute Gasteiger partial charge is 0.492 e. The molecule has 236 valence electrons. The normalized spacial score (nSPS) is 15.5. The lowest BCUT2D eigenvalue weighted by Gasteiger charge is -2.32. The van der Waals surface area contributed by atoms with Gasteiger partial charge in [-0.1, -0.05) is 58.4 Å². The predicted octanol–water partition coefficient (Wildman–Crippen LogP) is 7.17. The number of nitrogens with zero attached hydrogens (tertiary/aromatic N) is 3. The van der Waals surface area contributed by atoms with Crippen LogP contribution in [0.3, 0.4) is 0 Å². The lowest BCUT2D eigenvalue weighted by molar-refractivity contribution is 0.102. The highest BCUT2D eigenvalue weighted by atomic mass is 16.5. The summed E-state index contributed by atoms with van der Waals surface area (Å²) in [6.07, 6.45) is 6.05. The second-order valence-electron chi connectivity index (χ2n) is 12.9. The second kappa shape index (κ2) is 13.7. The monoisotopic (exact) mass is 607 g/mol. The highest BCUT2D eigenvalue weighted by Crippen LogP contribution is 2.30. The number of amides is 1. The van der Waals surface area contributed by atoms with Gasteiger partial charge in [-0.2, -0.15) is 0 Å². The molecular formula is C37H45N5O3. The fourth-order valence-electron chi connectivity index (χ4n) is 5.78. The SMILES string of the molecule is CCc1c(NC(=O)c2ccc(C(C)(C)C)cc2)cccc1-c1cn(C)c(=O)c(Nc2ccc(OCC3CCCCN3C)cc2)n1. The zero-order valence-electron chi connectivity index (χ0n) is 27.3. The summed E-state index contributed by atoms with van der Waals surface area (Å²) in [7, 11) is 3.88. The standard InChI is InChI=1S/C37H45N5O3/c1-7-30-31(12-10-13-32(30)40-35(43)25-14-16-26(17-15-25)37(2,3)4)33-23-42(6)36(44)34(39-33)38-27-18-20-29(21-19-27)45-24-28-11-8-9-22-41(28)5/h10,12-21,23,28H,7-9,11,22,24H2,1-6H3,(H,38,39)(H,40,43). The smallest absolute Gasteiger partial charge is 0.293 e. The maximum atomic E-state index is 13.2. The maximum Gasteiger partial charge on any atom is 0.293 e. The Morgan fingerprint density at radius 2 is 1.73 bits per heavy atom. The average molecular weight is 608 g/mol. The lowest BCUT2D eigenvalue weighted by atomic mass is 9.86. The van der Waals surface area contributed by atoms with Gasteiger partial charge in [-0.05, 0) is 91.9 Å². The number of rotatable bonds is 9. The molecule has 0 aliphatic carbocycles. The molecule has 0 saturated carbocycles. The van der Waals surface area contributed by atoms with E-state index in [1.807, 2.05) is 73.7 Å². The van der Waals surface area contributed by atoms with Crippen molar-refractivity contribution in [3.8, 4) is 17.0 Å². The van der Waals surface area contributed by atoms with Crippen LogP contribution in [0, 0.1) is 0 Å². The van der Waals surface area contributed by atoms with Crippen LogP contribution in [0.4, 0.5) is 17.2 Å². The van der Waals surface area contributed by atoms with E-state index in [2.05, 4.69) is 43.4 Å². The molecule has 0 radical (unpaired) electrons. The molecule has 0 bridgehead atoms. The molecule has 2 heterocycles. The first kappa shape index (κ1) is 32.0. The van der Waals surface area contributed by atoms with Crippen LogP contribution in [0.2, 0.25) is 0 Å². The van der Waals surface area contributed by atoms with Gasteiger partial charge >= 0.3 is 0 Å². The Labute approximate surface area is 266 Å². The van der Waals surface area contributed by atoms with E-state index in [9.17, 15) is 9.59 Å². The fourth-order valence-corrected chi connectivity index (χ4v) is 5.78. The van der Waals surface area contributed by atoms with Gasteiger partial charge < -0.3 is 24.8 Å². The summed E-state index contributed by atoms with van der Waals surface area (Å²) in [6.45, 7) is 10.3. The second-order valence-corrected chi connectivity index (χ2v) is 12.9. The van der Waals surface area contributed by atoms with E-state index in [1.54, 1.807) is 13.2 Å². The van der Waals surface area contributed by atoms with Crippen molar-refractivity contribution in [3.63, 3.8) is 0 Å². The molecule has 4 aromatic rings. The molecule has 1 aliphatic rings. The van der Waals surface area contributed by atoms with Gasteiger partial charge in [0.15, 0.2) is 5.82 Å². The molecule has 1 unspecified atom stereocenters. The van der Waals surface area contributed by atoms with Crippen LogP contribution >= 0.6 is 0 Å². The van der Waals surface area contributed by atoms with E-state index in [-0.39, 0.29) is 22.7 Å². The predicted molar refractivity (Wildman–Crippen MR) is 183 cm³/mol. The van der Waals surface area contributed by atoms with Crippen LogP contribution in [-0.2, 0) is 18.9 Å². The van der Waals surface area contributed by atoms with Crippen LogP contribution in [0.15, 0.2) is 77.7 Å². The van der Waals surface area contributed by atoms with E-state index >= 15 is 0 Å². The van der Waals surface area contributed by atoms with Crippen molar-refractivity contribution in [1.29, 1.82) is 0 Å². The molecule has 1 saturated heterocycles. The van der Waals surface area contributed by atoms with Crippen molar-refractivity contribution in [2.45, 2.75) is 64.8 Å². The number of anilines is 3. The maximum absolute atomic E-state index is 13.2. The van der Waals surface area contributed by atoms with E-state index < -0.39 is 0 Å². The van der Waals surface area contributed by atoms with E-state index in [4.69, 9.17) is 9.72 Å². The summed E-state index contributed by atoms with van der Waals surface area (Å²) < 4.78 is 7.60. The molecular weight excluding hydrogens is 562 g/mol. The van der Waals surface area contributed by atoms with E-state index in [1.165, 1.54) is 23.0 Å². The number of nitrogens with one attached hydrogen (secondary N) is 2. The Morgan fingerprint density at radius 3 is 2.40 bits per heavy atom. The molecule has 45 heavy (non-hydrogen) atoms. The quantitative estimate of drug-likeness (QED) is 0.210. The number of carbonyl (C=O) groups excluding carboxylic acids is 1. The molecule has 1 aliphatic heterocycles. The van der Waals surface area contributed by atoms with Crippen molar-refractivity contribution in [2.24, 2.45) is 7.05 Å². The fraction of sp³-hybridized carbons (Fsp3) is 0.378. The minimum Gasteiger partial charge on any atom is -0.492 e. The topological polar surface area (TPSA) is 88.5 Å². The molecule has 3 aromatic carbocycles. The molecule has 1 aromatic heterocycles. The van der Waals surface area contributed by atoms with Gasteiger partial charge in [-0.25, -0.2) is 4.98 Å². The van der Waals surface area contributed by atoms with Crippen molar-refractivity contribution in [1.82, 2.24) is 14.5 Å². The van der Waals surface area contributed by atoms with Gasteiger partial charge in [0.1, 0.15) is 12.4 Å². The molecule has 1 fully saturated rings. The Bertz CT molecular complexity index is 1690. The number of likely N-dealkylation sites (N-methyl/N-ethyl adjacent to an activating group) is 1. The number of carbonyl (C=O) groups is 1. The summed E-state index contributed by atoms with van der Waals surface area (Å²) in [6, 6.07) is 21.6. The summed E-state index contributed by atoms with van der Waals surface area (Å²) in [4.78, 5) is 33.4. The van der Waals surface area contributed by atoms with Gasteiger partial charge in [-0.3, -0.25) is 9.59 Å². The Balaban J connectivity index is 1.33. The van der Waals surface area contributed by atoms with Crippen LogP contribution in [0.1, 0.15) is 68.4 Å². The molecule has 8 heteroatoms. The molecule has 1 atom stereocenters. The highest BCUT2D eigenvalue weighted by Gasteiger charge is 2.20. The number of aromatic nitrogens is 2. The van der Waals surface area contributed by atoms with Crippen LogP contribution in [-0.4, -0.2) is 46.6 Å². The van der Waals surface area contributed by atoms with Gasteiger partial charge in [0.25, 0.3) is 11.5 Å². The molecule has 0 spiro atoms. The van der Waals surface area contributed by atoms with Gasteiger partial charge in [0.2, 0.25) is 0 Å². The number of benzene rings is 3. The zero-order chi connectivity index (χ0) is 32.1. The zero-order valence-corrected chi connectivity index (χ0v) is 27.3. The van der Waals surface area contributed by atoms with Crippen molar-refractivity contribution in [3.05, 3.63) is 100.0 Å². The average Bonchev–Trinajstić information content (AvgIpc) is 3.03. The van der Waals surface area contributed by atoms with Gasteiger partial charge in [0.05, 0.1) is 5.69 Å². The van der Waals surface area contributed by atoms with Crippen molar-refractivity contribution >= 4 is 23.1 Å². The highest BCUT2D eigenvalue weighted by molar-refractivity contribution is 6.05. The minimum absolute atomic E-state index is 0.0127. The molecule has 8 nitrogen and oxygen atoms in total. The third-order valence-corrected chi connectivity index (χ3v) is 8.62. The summed E-state index contributed by atoms with van der Waals surface area (Å²) in [5.41, 5.74) is 5.45. The lowest BCUT2D eigenvalue weighted by Crippen LogP contribution is -2.40. The third-order valence-electron chi connectivity index (χ3n) is 8.62. The summed E-state index contributed by atoms with van der Waals surface area (Å²) in [5, 5.41) is 6.31. The van der Waals surface area contributed by atoms with Crippen LogP contribution in [0.25, 0.3) is 11.3 Å². The van der Waals surface area contributed by atoms with E-state index in [0.717, 1.165) is 41.2 Å². The van der Waals surface area contributed by atoms with E-state index in [0.29, 0.717) is 30.3 Å². The van der Waals surface area contributed by atoms with Crippen molar-refractivity contribution < 1.29 is 9.53 Å². The number of piperidine rings is 1. The Hall–Kier alpha value is -4.43. The number of likely N-dealkylation sites (tertiary alicyclic amines) is 1.